The van der Waals surface area contributed by atoms with Crippen molar-refractivity contribution in [2.24, 2.45) is 0 Å². The van der Waals surface area contributed by atoms with Gasteiger partial charge >= 0.3 is 5.84 Å². The van der Waals surface area contributed by atoms with E-state index >= 15 is 0 Å². The minimum Gasteiger partial charge on any atom is -0.402 e. The Hall–Kier alpha value is -1.47. The SMILES string of the molecule is S=c1nc2oc(-c3ccc(Br)cc3)nn2[nH]1. The van der Waals surface area contributed by atoms with E-state index in [9.17, 15) is 0 Å². The Morgan fingerprint density at radius 3 is 2.75 bits per heavy atom. The van der Waals surface area contributed by atoms with Gasteiger partial charge in [0.2, 0.25) is 10.7 Å². The molecule has 3 aromatic rings. The van der Waals surface area contributed by atoms with Gasteiger partial charge in [-0.1, -0.05) is 15.9 Å². The molecule has 16 heavy (non-hydrogen) atoms. The van der Waals surface area contributed by atoms with Crippen molar-refractivity contribution < 1.29 is 4.42 Å². The van der Waals surface area contributed by atoms with Gasteiger partial charge in [-0.3, -0.25) is 0 Å². The monoisotopic (exact) mass is 296 g/mol. The molecule has 1 N–H and O–H groups in total. The smallest absolute Gasteiger partial charge is 0.343 e. The summed E-state index contributed by atoms with van der Waals surface area (Å²) in [6.45, 7) is 0. The molecule has 2 heterocycles. The maximum Gasteiger partial charge on any atom is 0.343 e. The number of benzene rings is 1. The standard InChI is InChI=1S/C9H5BrN4OS/c10-6-3-1-5(2-4-6)7-12-14-9(15-7)11-8(16)13-14/h1-4H,(H,13,16). The van der Waals surface area contributed by atoms with E-state index in [0.717, 1.165) is 10.0 Å². The second-order valence-electron chi connectivity index (χ2n) is 3.14. The maximum absolute atomic E-state index is 5.44. The Morgan fingerprint density at radius 2 is 2.06 bits per heavy atom. The molecule has 0 amide bonds. The summed E-state index contributed by atoms with van der Waals surface area (Å²) in [7, 11) is 0. The van der Waals surface area contributed by atoms with Gasteiger partial charge in [0.25, 0.3) is 0 Å². The lowest BCUT2D eigenvalue weighted by atomic mass is 10.2. The fourth-order valence-electron chi connectivity index (χ4n) is 1.34. The molecule has 80 valence electrons. The van der Waals surface area contributed by atoms with E-state index in [1.54, 1.807) is 0 Å². The van der Waals surface area contributed by atoms with Gasteiger partial charge in [0.1, 0.15) is 0 Å². The van der Waals surface area contributed by atoms with E-state index < -0.39 is 0 Å². The van der Waals surface area contributed by atoms with Crippen molar-refractivity contribution in [3.8, 4) is 11.5 Å². The Balaban J connectivity index is 2.15. The molecule has 0 fully saturated rings. The van der Waals surface area contributed by atoms with E-state index in [4.69, 9.17) is 16.6 Å². The van der Waals surface area contributed by atoms with Gasteiger partial charge in [0, 0.05) is 10.0 Å². The van der Waals surface area contributed by atoms with Gasteiger partial charge in [-0.25, -0.2) is 5.10 Å². The molecule has 0 radical (unpaired) electrons. The molecular weight excluding hydrogens is 292 g/mol. The quantitative estimate of drug-likeness (QED) is 0.702. The van der Waals surface area contributed by atoms with Crippen LogP contribution in [0.2, 0.25) is 0 Å². The number of aromatic nitrogens is 4. The summed E-state index contributed by atoms with van der Waals surface area (Å²) < 4.78 is 8.22. The first-order chi connectivity index (χ1) is 7.72. The Morgan fingerprint density at radius 1 is 1.31 bits per heavy atom. The van der Waals surface area contributed by atoms with E-state index in [0.29, 0.717) is 16.5 Å². The molecule has 0 aliphatic rings. The second kappa shape index (κ2) is 3.53. The first-order valence-corrected chi connectivity index (χ1v) is 5.64. The normalized spacial score (nSPS) is 11.1. The molecule has 0 saturated carbocycles. The van der Waals surface area contributed by atoms with Gasteiger partial charge in [0.15, 0.2) is 0 Å². The number of aromatic amines is 1. The van der Waals surface area contributed by atoms with Crippen molar-refractivity contribution in [3.63, 3.8) is 0 Å². The molecule has 0 spiro atoms. The summed E-state index contributed by atoms with van der Waals surface area (Å²) in [5, 5.41) is 6.95. The summed E-state index contributed by atoms with van der Waals surface area (Å²) in [4.78, 5) is 3.96. The first-order valence-electron chi connectivity index (χ1n) is 4.44. The zero-order valence-electron chi connectivity index (χ0n) is 7.85. The van der Waals surface area contributed by atoms with Crippen LogP contribution >= 0.6 is 28.1 Å². The van der Waals surface area contributed by atoms with Crippen LogP contribution in [0.15, 0.2) is 33.2 Å². The van der Waals surface area contributed by atoms with Crippen molar-refractivity contribution in [3.05, 3.63) is 33.5 Å². The summed E-state index contributed by atoms with van der Waals surface area (Å²) in [6, 6.07) is 7.66. The number of hydrogen-bond donors (Lipinski definition) is 1. The lowest BCUT2D eigenvalue weighted by Gasteiger charge is -1.93. The zero-order chi connectivity index (χ0) is 11.1. The first kappa shape index (κ1) is 9.73. The van der Waals surface area contributed by atoms with Crippen molar-refractivity contribution >= 4 is 34.0 Å². The van der Waals surface area contributed by atoms with Crippen LogP contribution in [0.3, 0.4) is 0 Å². The molecule has 0 unspecified atom stereocenters. The number of nitrogens with zero attached hydrogens (tertiary/aromatic N) is 3. The summed E-state index contributed by atoms with van der Waals surface area (Å²) in [5.74, 6) is 0.865. The largest absolute Gasteiger partial charge is 0.402 e. The number of rotatable bonds is 1. The van der Waals surface area contributed by atoms with Crippen molar-refractivity contribution in [2.45, 2.75) is 0 Å². The maximum atomic E-state index is 5.44. The molecule has 7 heteroatoms. The Labute approximate surface area is 103 Å². The van der Waals surface area contributed by atoms with Gasteiger partial charge in [0.05, 0.1) is 0 Å². The third-order valence-electron chi connectivity index (χ3n) is 2.05. The van der Waals surface area contributed by atoms with Crippen LogP contribution in [0, 0.1) is 4.77 Å². The van der Waals surface area contributed by atoms with E-state index in [1.807, 2.05) is 24.3 Å². The van der Waals surface area contributed by atoms with Gasteiger partial charge in [-0.2, -0.15) is 4.98 Å². The molecular formula is C9H5BrN4OS. The van der Waals surface area contributed by atoms with Crippen molar-refractivity contribution in [1.82, 2.24) is 19.8 Å². The van der Waals surface area contributed by atoms with E-state index in [1.165, 1.54) is 4.63 Å². The molecule has 0 aliphatic heterocycles. The highest BCUT2D eigenvalue weighted by Crippen LogP contribution is 2.20. The van der Waals surface area contributed by atoms with Crippen LogP contribution in [-0.4, -0.2) is 19.8 Å². The second-order valence-corrected chi connectivity index (χ2v) is 4.44. The van der Waals surface area contributed by atoms with Crippen LogP contribution in [0.4, 0.5) is 0 Å². The predicted molar refractivity (Wildman–Crippen MR) is 63.6 cm³/mol. The van der Waals surface area contributed by atoms with Crippen LogP contribution in [0.1, 0.15) is 0 Å². The highest BCUT2D eigenvalue weighted by molar-refractivity contribution is 9.10. The third-order valence-corrected chi connectivity index (χ3v) is 2.76. The zero-order valence-corrected chi connectivity index (χ0v) is 10.2. The Bertz CT molecular complexity index is 662. The average molecular weight is 297 g/mol. The number of hydrogen-bond acceptors (Lipinski definition) is 4. The van der Waals surface area contributed by atoms with Crippen molar-refractivity contribution in [2.75, 3.05) is 0 Å². The van der Waals surface area contributed by atoms with Gasteiger partial charge in [-0.05, 0) is 36.5 Å². The van der Waals surface area contributed by atoms with Gasteiger partial charge in [-0.15, -0.1) is 9.73 Å². The molecule has 0 aliphatic carbocycles. The highest BCUT2D eigenvalue weighted by atomic mass is 79.9. The van der Waals surface area contributed by atoms with Crippen LogP contribution in [0.25, 0.3) is 17.3 Å². The highest BCUT2D eigenvalue weighted by Gasteiger charge is 2.09. The third kappa shape index (κ3) is 1.57. The van der Waals surface area contributed by atoms with Crippen LogP contribution in [0.5, 0.6) is 0 Å². The van der Waals surface area contributed by atoms with E-state index in [-0.39, 0.29) is 0 Å². The Kier molecular flexibility index (Phi) is 2.15. The van der Waals surface area contributed by atoms with Gasteiger partial charge < -0.3 is 4.42 Å². The molecule has 0 bridgehead atoms. The fraction of sp³-hybridized carbons (Fsp3) is 0. The molecule has 3 rings (SSSR count). The minimum atomic E-state index is 0.355. The van der Waals surface area contributed by atoms with Crippen LogP contribution < -0.4 is 0 Å². The number of nitrogens with one attached hydrogen (secondary N) is 1. The summed E-state index contributed by atoms with van der Waals surface area (Å²) in [6.07, 6.45) is 0. The topological polar surface area (TPSA) is 59.1 Å². The minimum absolute atomic E-state index is 0.355. The van der Waals surface area contributed by atoms with Crippen LogP contribution in [-0.2, 0) is 0 Å². The lowest BCUT2D eigenvalue weighted by molar-refractivity contribution is 0.604. The number of H-pyrrole nitrogens is 1. The average Bonchev–Trinajstić information content (AvgIpc) is 2.75. The summed E-state index contributed by atoms with van der Waals surface area (Å²) in [5.41, 5.74) is 0.882. The molecule has 0 saturated heterocycles. The van der Waals surface area contributed by atoms with E-state index in [2.05, 4.69) is 31.1 Å². The molecule has 0 atom stereocenters. The predicted octanol–water partition coefficient (Wildman–Crippen LogP) is 2.81. The molecule has 2 aromatic heterocycles. The lowest BCUT2D eigenvalue weighted by Crippen LogP contribution is -1.86. The summed E-state index contributed by atoms with van der Waals surface area (Å²) >= 11 is 8.22. The number of halogens is 1. The molecule has 5 nitrogen and oxygen atoms in total. The fourth-order valence-corrected chi connectivity index (χ4v) is 1.77. The number of fused-ring (bicyclic) bond motifs is 1. The molecule has 1 aromatic carbocycles. The van der Waals surface area contributed by atoms with Crippen molar-refractivity contribution in [1.29, 1.82) is 0 Å².